The van der Waals surface area contributed by atoms with Crippen molar-refractivity contribution in [2.24, 2.45) is 10.2 Å². The third kappa shape index (κ3) is 6.02. The zero-order valence-corrected chi connectivity index (χ0v) is 20.8. The average molecular weight is 525 g/mol. The summed E-state index contributed by atoms with van der Waals surface area (Å²) in [6.45, 7) is 1.61. The standard InChI is InChI=1S/C26H22Cl2N4O4/c1-16-5-4-6-18(11-16)36-15-24(34)29-13-23(33)30-31-25-19-7-2-3-8-22(19)32(26(25)35)14-17-9-10-20(27)21(28)12-17/h2-12,35H,13-15H2,1H3,(H,29,34). The van der Waals surface area contributed by atoms with Gasteiger partial charge < -0.3 is 19.7 Å². The molecule has 8 nitrogen and oxygen atoms in total. The molecule has 0 saturated carbocycles. The number of nitrogens with zero attached hydrogens (tertiary/aromatic N) is 3. The lowest BCUT2D eigenvalue weighted by molar-refractivity contribution is -0.126. The predicted molar refractivity (Wildman–Crippen MR) is 138 cm³/mol. The molecule has 36 heavy (non-hydrogen) atoms. The monoisotopic (exact) mass is 524 g/mol. The van der Waals surface area contributed by atoms with E-state index in [0.717, 1.165) is 11.1 Å². The molecule has 0 unspecified atom stereocenters. The molecule has 10 heteroatoms. The number of fused-ring (bicyclic) bond motifs is 1. The van der Waals surface area contributed by atoms with E-state index in [2.05, 4.69) is 15.5 Å². The summed E-state index contributed by atoms with van der Waals surface area (Å²) in [4.78, 5) is 24.2. The van der Waals surface area contributed by atoms with Crippen molar-refractivity contribution in [1.29, 1.82) is 0 Å². The van der Waals surface area contributed by atoms with Gasteiger partial charge in [-0.2, -0.15) is 0 Å². The fraction of sp³-hybridized carbons (Fsp3) is 0.154. The number of benzene rings is 3. The number of rotatable bonds is 8. The maximum atomic E-state index is 12.2. The fourth-order valence-electron chi connectivity index (χ4n) is 3.57. The van der Waals surface area contributed by atoms with Gasteiger partial charge in [-0.3, -0.25) is 9.59 Å². The first-order valence-corrected chi connectivity index (χ1v) is 11.7. The van der Waals surface area contributed by atoms with Crippen LogP contribution >= 0.6 is 23.2 Å². The van der Waals surface area contributed by atoms with Crippen LogP contribution in [0.5, 0.6) is 11.6 Å². The van der Waals surface area contributed by atoms with Crippen LogP contribution in [0, 0.1) is 6.92 Å². The molecule has 3 aromatic carbocycles. The molecule has 0 bridgehead atoms. The summed E-state index contributed by atoms with van der Waals surface area (Å²) in [5.74, 6) is -0.751. The van der Waals surface area contributed by atoms with Gasteiger partial charge in [0.2, 0.25) is 5.88 Å². The molecule has 1 aromatic heterocycles. The lowest BCUT2D eigenvalue weighted by Crippen LogP contribution is -2.32. The Bertz CT molecular complexity index is 1470. The van der Waals surface area contributed by atoms with E-state index in [9.17, 15) is 14.7 Å². The van der Waals surface area contributed by atoms with Gasteiger partial charge in [0, 0.05) is 5.39 Å². The zero-order chi connectivity index (χ0) is 25.7. The van der Waals surface area contributed by atoms with Gasteiger partial charge in [-0.15, -0.1) is 10.2 Å². The van der Waals surface area contributed by atoms with Gasteiger partial charge >= 0.3 is 0 Å². The van der Waals surface area contributed by atoms with Gasteiger partial charge in [-0.05, 0) is 48.4 Å². The Morgan fingerprint density at radius 3 is 2.61 bits per heavy atom. The summed E-state index contributed by atoms with van der Waals surface area (Å²) in [5, 5.41) is 22.4. The number of nitrogens with one attached hydrogen (secondary N) is 1. The number of amides is 2. The van der Waals surface area contributed by atoms with Gasteiger partial charge in [-0.25, -0.2) is 0 Å². The Morgan fingerprint density at radius 1 is 1.03 bits per heavy atom. The minimum atomic E-state index is -0.681. The van der Waals surface area contributed by atoms with E-state index in [1.165, 1.54) is 0 Å². The molecule has 0 aliphatic rings. The largest absolute Gasteiger partial charge is 0.493 e. The van der Waals surface area contributed by atoms with E-state index in [4.69, 9.17) is 27.9 Å². The third-order valence-corrected chi connectivity index (χ3v) is 6.04. The van der Waals surface area contributed by atoms with Crippen molar-refractivity contribution in [3.05, 3.63) is 87.9 Å². The fourth-order valence-corrected chi connectivity index (χ4v) is 3.89. The van der Waals surface area contributed by atoms with Crippen molar-refractivity contribution in [2.75, 3.05) is 13.2 Å². The quantitative estimate of drug-likeness (QED) is 0.283. The van der Waals surface area contributed by atoms with Crippen LogP contribution in [0.4, 0.5) is 5.69 Å². The van der Waals surface area contributed by atoms with Crippen LogP contribution in [0.25, 0.3) is 10.9 Å². The summed E-state index contributed by atoms with van der Waals surface area (Å²) in [5.41, 5.74) is 2.66. The first kappa shape index (κ1) is 25.2. The molecular weight excluding hydrogens is 503 g/mol. The Hall–Kier alpha value is -3.88. The molecule has 1 heterocycles. The number of halogens is 2. The molecule has 184 valence electrons. The molecule has 0 fully saturated rings. The zero-order valence-electron chi connectivity index (χ0n) is 19.2. The number of aromatic nitrogens is 1. The second-order valence-electron chi connectivity index (χ2n) is 8.00. The number of aryl methyl sites for hydroxylation is 1. The van der Waals surface area contributed by atoms with Gasteiger partial charge in [0.1, 0.15) is 12.3 Å². The van der Waals surface area contributed by atoms with Crippen LogP contribution in [0.1, 0.15) is 11.1 Å². The molecule has 0 aliphatic carbocycles. The molecular formula is C26H22Cl2N4O4. The van der Waals surface area contributed by atoms with Crippen molar-refractivity contribution in [2.45, 2.75) is 13.5 Å². The number of aromatic hydroxyl groups is 1. The number of hydrogen-bond acceptors (Lipinski definition) is 5. The molecule has 4 rings (SSSR count). The second kappa shape index (κ2) is 11.2. The first-order valence-electron chi connectivity index (χ1n) is 11.0. The maximum Gasteiger partial charge on any atom is 0.283 e. The Balaban J connectivity index is 1.42. The Labute approximate surface area is 217 Å². The highest BCUT2D eigenvalue weighted by atomic mass is 35.5. The number of carbonyl (C=O) groups excluding carboxylic acids is 2. The van der Waals surface area contributed by atoms with Crippen LogP contribution in [-0.4, -0.2) is 34.6 Å². The first-order chi connectivity index (χ1) is 17.3. The van der Waals surface area contributed by atoms with Crippen LogP contribution in [-0.2, 0) is 16.1 Å². The highest BCUT2D eigenvalue weighted by molar-refractivity contribution is 6.42. The molecule has 0 aliphatic heterocycles. The van der Waals surface area contributed by atoms with Crippen LogP contribution in [0.2, 0.25) is 10.0 Å². The Morgan fingerprint density at radius 2 is 1.83 bits per heavy atom. The lowest BCUT2D eigenvalue weighted by atomic mass is 10.2. The number of azo groups is 1. The summed E-state index contributed by atoms with van der Waals surface area (Å²) in [6, 6.07) is 19.7. The van der Waals surface area contributed by atoms with Crippen LogP contribution in [0.3, 0.4) is 0 Å². The third-order valence-electron chi connectivity index (χ3n) is 5.30. The number of carbonyl (C=O) groups is 2. The molecule has 4 aromatic rings. The highest BCUT2D eigenvalue weighted by Gasteiger charge is 2.17. The molecule has 2 N–H and O–H groups in total. The summed E-state index contributed by atoms with van der Waals surface area (Å²) >= 11 is 12.1. The van der Waals surface area contributed by atoms with Crippen molar-refractivity contribution < 1.29 is 19.4 Å². The second-order valence-corrected chi connectivity index (χ2v) is 8.81. The van der Waals surface area contributed by atoms with E-state index in [1.54, 1.807) is 47.0 Å². The van der Waals surface area contributed by atoms with Crippen molar-refractivity contribution in [1.82, 2.24) is 9.88 Å². The van der Waals surface area contributed by atoms with Gasteiger partial charge in [0.15, 0.2) is 12.3 Å². The lowest BCUT2D eigenvalue weighted by Gasteiger charge is -2.08. The van der Waals surface area contributed by atoms with E-state index in [0.29, 0.717) is 33.2 Å². The normalized spacial score (nSPS) is 11.2. The smallest absolute Gasteiger partial charge is 0.283 e. The number of hydrogen-bond donors (Lipinski definition) is 2. The molecule has 0 saturated heterocycles. The summed E-state index contributed by atoms with van der Waals surface area (Å²) in [6.07, 6.45) is 0. The Kier molecular flexibility index (Phi) is 7.87. The SMILES string of the molecule is Cc1cccc(OCC(=O)NCC(=O)N=Nc2c(O)n(Cc3ccc(Cl)c(Cl)c3)c3ccccc23)c1. The van der Waals surface area contributed by atoms with Crippen molar-refractivity contribution in [3.8, 4) is 11.6 Å². The van der Waals surface area contributed by atoms with Gasteiger partial charge in [0.05, 0.1) is 22.1 Å². The summed E-state index contributed by atoms with van der Waals surface area (Å²) < 4.78 is 7.05. The van der Waals surface area contributed by atoms with Crippen molar-refractivity contribution >= 4 is 51.6 Å². The average Bonchev–Trinajstić information content (AvgIpc) is 3.13. The summed E-state index contributed by atoms with van der Waals surface area (Å²) in [7, 11) is 0. The van der Waals surface area contributed by atoms with Gasteiger partial charge in [-0.1, -0.05) is 59.6 Å². The highest BCUT2D eigenvalue weighted by Crippen LogP contribution is 2.39. The molecule has 2 amide bonds. The molecule has 0 atom stereocenters. The van der Waals surface area contributed by atoms with Crippen molar-refractivity contribution in [3.63, 3.8) is 0 Å². The topological polar surface area (TPSA) is 105 Å². The number of ether oxygens (including phenoxy) is 1. The van der Waals surface area contributed by atoms with Gasteiger partial charge in [0.25, 0.3) is 11.8 Å². The molecule has 0 radical (unpaired) electrons. The molecule has 0 spiro atoms. The van der Waals surface area contributed by atoms with E-state index in [-0.39, 0.29) is 24.7 Å². The predicted octanol–water partition coefficient (Wildman–Crippen LogP) is 5.82. The maximum absolute atomic E-state index is 12.2. The number of para-hydroxylation sites is 1. The van der Waals surface area contributed by atoms with Crippen LogP contribution in [0.15, 0.2) is 77.0 Å². The van der Waals surface area contributed by atoms with Crippen LogP contribution < -0.4 is 10.1 Å². The minimum absolute atomic E-state index is 0.146. The van der Waals surface area contributed by atoms with E-state index >= 15 is 0 Å². The van der Waals surface area contributed by atoms with E-state index < -0.39 is 11.8 Å². The van der Waals surface area contributed by atoms with E-state index in [1.807, 2.05) is 31.2 Å². The minimum Gasteiger partial charge on any atom is -0.493 e.